The summed E-state index contributed by atoms with van der Waals surface area (Å²) < 4.78 is 25.8. The first-order chi connectivity index (χ1) is 8.01. The molecule has 0 saturated carbocycles. The second kappa shape index (κ2) is 6.97. The summed E-state index contributed by atoms with van der Waals surface area (Å²) in [6, 6.07) is 3.37. The lowest BCUT2D eigenvalue weighted by Crippen LogP contribution is -2.15. The summed E-state index contributed by atoms with van der Waals surface area (Å²) >= 11 is 1.67. The van der Waals surface area contributed by atoms with Gasteiger partial charge < -0.3 is 5.11 Å². The summed E-state index contributed by atoms with van der Waals surface area (Å²) in [7, 11) is 0. The van der Waals surface area contributed by atoms with E-state index in [1.807, 2.05) is 0 Å². The van der Waals surface area contributed by atoms with Crippen molar-refractivity contribution in [3.8, 4) is 0 Å². The van der Waals surface area contributed by atoms with Crippen molar-refractivity contribution in [2.24, 2.45) is 0 Å². The quantitative estimate of drug-likeness (QED) is 0.846. The van der Waals surface area contributed by atoms with Crippen LogP contribution in [0.5, 0.6) is 0 Å². The van der Waals surface area contributed by atoms with Crippen molar-refractivity contribution in [1.29, 1.82) is 0 Å². The number of rotatable bonds is 6. The van der Waals surface area contributed by atoms with Gasteiger partial charge in [0.1, 0.15) is 11.6 Å². The highest BCUT2D eigenvalue weighted by molar-refractivity contribution is 7.99. The Labute approximate surface area is 105 Å². The zero-order valence-corrected chi connectivity index (χ0v) is 10.9. The topological polar surface area (TPSA) is 20.2 Å². The van der Waals surface area contributed by atoms with Crippen LogP contribution in [-0.2, 0) is 6.42 Å². The Kier molecular flexibility index (Phi) is 5.92. The average molecular weight is 260 g/mol. The lowest BCUT2D eigenvalue weighted by molar-refractivity contribution is 0.200. The van der Waals surface area contributed by atoms with Crippen molar-refractivity contribution in [2.45, 2.75) is 38.0 Å². The van der Waals surface area contributed by atoms with Crippen molar-refractivity contribution in [3.63, 3.8) is 0 Å². The lowest BCUT2D eigenvalue weighted by Gasteiger charge is -2.13. The molecule has 0 aliphatic carbocycles. The number of halogens is 2. The second-order valence-electron chi connectivity index (χ2n) is 4.19. The fraction of sp³-hybridized carbons (Fsp3) is 0.538. The van der Waals surface area contributed by atoms with Gasteiger partial charge in [-0.1, -0.05) is 13.8 Å². The standard InChI is InChI=1S/C13H18F2OS/c1-3-9(2)17-8-13(16)6-10-4-11(14)7-12(15)5-10/h4-5,7,9,13,16H,3,6,8H2,1-2H3. The first-order valence-corrected chi connectivity index (χ1v) is 6.80. The third-order valence-electron chi connectivity index (χ3n) is 2.54. The maximum absolute atomic E-state index is 12.9. The normalized spacial score (nSPS) is 14.6. The van der Waals surface area contributed by atoms with E-state index in [-0.39, 0.29) is 6.42 Å². The van der Waals surface area contributed by atoms with E-state index in [9.17, 15) is 13.9 Å². The minimum atomic E-state index is -0.596. The van der Waals surface area contributed by atoms with Crippen LogP contribution in [0.4, 0.5) is 8.78 Å². The van der Waals surface area contributed by atoms with Gasteiger partial charge in [0.2, 0.25) is 0 Å². The van der Waals surface area contributed by atoms with Crippen LogP contribution in [-0.4, -0.2) is 22.2 Å². The molecule has 0 heterocycles. The predicted octanol–water partition coefficient (Wildman–Crippen LogP) is 3.40. The van der Waals surface area contributed by atoms with E-state index in [0.29, 0.717) is 16.6 Å². The first kappa shape index (κ1) is 14.5. The smallest absolute Gasteiger partial charge is 0.126 e. The molecule has 1 nitrogen and oxygen atoms in total. The molecular formula is C13H18F2OS. The highest BCUT2D eigenvalue weighted by Gasteiger charge is 2.10. The van der Waals surface area contributed by atoms with E-state index in [2.05, 4.69) is 13.8 Å². The van der Waals surface area contributed by atoms with Gasteiger partial charge in [-0.25, -0.2) is 8.78 Å². The Bertz CT molecular complexity index is 337. The van der Waals surface area contributed by atoms with Gasteiger partial charge in [0.15, 0.2) is 0 Å². The zero-order valence-electron chi connectivity index (χ0n) is 10.1. The van der Waals surface area contributed by atoms with Crippen LogP contribution >= 0.6 is 11.8 Å². The van der Waals surface area contributed by atoms with Crippen LogP contribution in [0, 0.1) is 11.6 Å². The molecule has 2 atom stereocenters. The number of benzene rings is 1. The molecule has 0 bridgehead atoms. The number of thioether (sulfide) groups is 1. The van der Waals surface area contributed by atoms with Crippen LogP contribution in [0.1, 0.15) is 25.8 Å². The molecule has 0 spiro atoms. The van der Waals surface area contributed by atoms with E-state index in [1.54, 1.807) is 11.8 Å². The monoisotopic (exact) mass is 260 g/mol. The van der Waals surface area contributed by atoms with Gasteiger partial charge >= 0.3 is 0 Å². The van der Waals surface area contributed by atoms with E-state index in [1.165, 1.54) is 12.1 Å². The molecule has 0 aliphatic heterocycles. The third-order valence-corrected chi connectivity index (χ3v) is 4.02. The second-order valence-corrected chi connectivity index (χ2v) is 5.66. The molecular weight excluding hydrogens is 242 g/mol. The van der Waals surface area contributed by atoms with Gasteiger partial charge in [0.05, 0.1) is 6.10 Å². The number of hydrogen-bond donors (Lipinski definition) is 1. The van der Waals surface area contributed by atoms with Gasteiger partial charge in [-0.05, 0) is 30.5 Å². The van der Waals surface area contributed by atoms with Gasteiger partial charge in [0.25, 0.3) is 0 Å². The Morgan fingerprint density at radius 3 is 2.35 bits per heavy atom. The van der Waals surface area contributed by atoms with Crippen LogP contribution in [0.3, 0.4) is 0 Å². The van der Waals surface area contributed by atoms with Crippen LogP contribution < -0.4 is 0 Å². The van der Waals surface area contributed by atoms with E-state index < -0.39 is 17.7 Å². The molecule has 0 saturated heterocycles. The molecule has 17 heavy (non-hydrogen) atoms. The molecule has 2 unspecified atom stereocenters. The highest BCUT2D eigenvalue weighted by Crippen LogP contribution is 2.17. The highest BCUT2D eigenvalue weighted by atomic mass is 32.2. The fourth-order valence-electron chi connectivity index (χ4n) is 1.45. The summed E-state index contributed by atoms with van der Waals surface area (Å²) in [6.45, 7) is 4.19. The molecule has 1 N–H and O–H groups in total. The fourth-order valence-corrected chi connectivity index (χ4v) is 2.36. The molecule has 0 fully saturated rings. The predicted molar refractivity (Wildman–Crippen MR) is 68.3 cm³/mol. The minimum absolute atomic E-state index is 0.290. The van der Waals surface area contributed by atoms with E-state index in [0.717, 1.165) is 12.5 Å². The molecule has 0 radical (unpaired) electrons. The summed E-state index contributed by atoms with van der Waals surface area (Å²) in [5.74, 6) is -0.601. The van der Waals surface area contributed by atoms with E-state index in [4.69, 9.17) is 0 Å². The Morgan fingerprint density at radius 1 is 1.24 bits per heavy atom. The first-order valence-electron chi connectivity index (χ1n) is 5.76. The van der Waals surface area contributed by atoms with Gasteiger partial charge in [-0.2, -0.15) is 11.8 Å². The number of hydrogen-bond acceptors (Lipinski definition) is 2. The van der Waals surface area contributed by atoms with Gasteiger partial charge in [-0.3, -0.25) is 0 Å². The molecule has 0 aliphatic rings. The van der Waals surface area contributed by atoms with Gasteiger partial charge in [0, 0.05) is 17.1 Å². The van der Waals surface area contributed by atoms with Crippen molar-refractivity contribution >= 4 is 11.8 Å². The third kappa shape index (κ3) is 5.50. The largest absolute Gasteiger partial charge is 0.392 e. The summed E-state index contributed by atoms with van der Waals surface area (Å²) in [4.78, 5) is 0. The lowest BCUT2D eigenvalue weighted by atomic mass is 10.1. The van der Waals surface area contributed by atoms with E-state index >= 15 is 0 Å². The Hall–Kier alpha value is -0.610. The van der Waals surface area contributed by atoms with Crippen molar-refractivity contribution in [1.82, 2.24) is 0 Å². The van der Waals surface area contributed by atoms with Crippen molar-refractivity contribution in [3.05, 3.63) is 35.4 Å². The maximum Gasteiger partial charge on any atom is 0.126 e. The maximum atomic E-state index is 12.9. The molecule has 1 rings (SSSR count). The Morgan fingerprint density at radius 2 is 1.82 bits per heavy atom. The SMILES string of the molecule is CCC(C)SCC(O)Cc1cc(F)cc(F)c1. The van der Waals surface area contributed by atoms with Crippen LogP contribution in [0.25, 0.3) is 0 Å². The molecule has 1 aromatic carbocycles. The molecule has 1 aromatic rings. The van der Waals surface area contributed by atoms with Crippen molar-refractivity contribution < 1.29 is 13.9 Å². The molecule has 96 valence electrons. The zero-order chi connectivity index (χ0) is 12.8. The van der Waals surface area contributed by atoms with Crippen LogP contribution in [0.15, 0.2) is 18.2 Å². The van der Waals surface area contributed by atoms with Crippen molar-refractivity contribution in [2.75, 3.05) is 5.75 Å². The Balaban J connectivity index is 2.47. The average Bonchev–Trinajstić information content (AvgIpc) is 2.24. The minimum Gasteiger partial charge on any atom is -0.392 e. The summed E-state index contributed by atoms with van der Waals surface area (Å²) in [6.07, 6.45) is 0.777. The molecule has 4 heteroatoms. The van der Waals surface area contributed by atoms with Gasteiger partial charge in [-0.15, -0.1) is 0 Å². The molecule has 0 aromatic heterocycles. The molecule has 0 amide bonds. The number of aliphatic hydroxyl groups excluding tert-OH is 1. The number of aliphatic hydroxyl groups is 1. The van der Waals surface area contributed by atoms with Crippen LogP contribution in [0.2, 0.25) is 0 Å². The summed E-state index contributed by atoms with van der Waals surface area (Å²) in [5.41, 5.74) is 0.500. The summed E-state index contributed by atoms with van der Waals surface area (Å²) in [5, 5.41) is 10.3.